The van der Waals surface area contributed by atoms with Crippen LogP contribution in [0.25, 0.3) is 0 Å². The quantitative estimate of drug-likeness (QED) is 0.624. The van der Waals surface area contributed by atoms with Crippen molar-refractivity contribution < 1.29 is 14.8 Å². The zero-order chi connectivity index (χ0) is 18.0. The molecule has 0 aromatic heterocycles. The largest absolute Gasteiger partial charge is 0.383 e. The summed E-state index contributed by atoms with van der Waals surface area (Å²) < 4.78 is 0. The molecule has 130 valence electrons. The van der Waals surface area contributed by atoms with E-state index in [9.17, 15) is 20.0 Å². The van der Waals surface area contributed by atoms with Gasteiger partial charge < -0.3 is 10.4 Å². The molecule has 2 aromatic carbocycles. The van der Waals surface area contributed by atoms with Gasteiger partial charge in [-0.05, 0) is 37.3 Å². The molecule has 0 radical (unpaired) electrons. The van der Waals surface area contributed by atoms with Gasteiger partial charge in [-0.1, -0.05) is 36.4 Å². The van der Waals surface area contributed by atoms with Crippen LogP contribution in [0.4, 0.5) is 5.69 Å². The van der Waals surface area contributed by atoms with E-state index in [-0.39, 0.29) is 23.7 Å². The molecule has 0 bridgehead atoms. The molecule has 1 aliphatic carbocycles. The molecular formula is C19H20N2O4. The van der Waals surface area contributed by atoms with Crippen molar-refractivity contribution in [2.24, 2.45) is 5.92 Å². The molecule has 0 aliphatic heterocycles. The first-order valence-electron chi connectivity index (χ1n) is 8.23. The van der Waals surface area contributed by atoms with Crippen molar-refractivity contribution in [3.63, 3.8) is 0 Å². The minimum absolute atomic E-state index is 0.0721. The van der Waals surface area contributed by atoms with Gasteiger partial charge in [0.2, 0.25) is 0 Å². The predicted octanol–water partition coefficient (Wildman–Crippen LogP) is 2.93. The highest BCUT2D eigenvalue weighted by atomic mass is 16.6. The molecule has 2 aromatic rings. The third kappa shape index (κ3) is 3.39. The van der Waals surface area contributed by atoms with E-state index in [0.29, 0.717) is 5.56 Å². The average Bonchev–Trinajstić information content (AvgIpc) is 3.45. The summed E-state index contributed by atoms with van der Waals surface area (Å²) in [5.74, 6) is -0.308. The van der Waals surface area contributed by atoms with Crippen LogP contribution in [0.5, 0.6) is 0 Å². The van der Waals surface area contributed by atoms with Gasteiger partial charge in [-0.2, -0.15) is 0 Å². The van der Waals surface area contributed by atoms with Gasteiger partial charge in [0, 0.05) is 17.2 Å². The maximum absolute atomic E-state index is 12.5. The predicted molar refractivity (Wildman–Crippen MR) is 93.2 cm³/mol. The minimum Gasteiger partial charge on any atom is -0.383 e. The molecule has 6 heteroatoms. The van der Waals surface area contributed by atoms with Crippen molar-refractivity contribution in [1.82, 2.24) is 5.32 Å². The molecule has 3 rings (SSSR count). The summed E-state index contributed by atoms with van der Waals surface area (Å²) in [7, 11) is 0. The van der Waals surface area contributed by atoms with Gasteiger partial charge in [0.05, 0.1) is 11.5 Å². The number of nitro benzene ring substituents is 1. The van der Waals surface area contributed by atoms with Crippen LogP contribution >= 0.6 is 0 Å². The fourth-order valence-electron chi connectivity index (χ4n) is 3.15. The minimum atomic E-state index is -1.12. The van der Waals surface area contributed by atoms with Gasteiger partial charge in [0.15, 0.2) is 0 Å². The Morgan fingerprint density at radius 1 is 1.24 bits per heavy atom. The highest BCUT2D eigenvalue weighted by Crippen LogP contribution is 2.45. The second-order valence-electron chi connectivity index (χ2n) is 6.45. The highest BCUT2D eigenvalue weighted by Gasteiger charge is 2.45. The topological polar surface area (TPSA) is 92.5 Å². The molecular weight excluding hydrogens is 320 g/mol. The molecule has 6 nitrogen and oxygen atoms in total. The number of carbonyl (C=O) groups is 1. The van der Waals surface area contributed by atoms with Gasteiger partial charge in [-0.25, -0.2) is 0 Å². The van der Waals surface area contributed by atoms with Crippen molar-refractivity contribution in [1.29, 1.82) is 0 Å². The second-order valence-corrected chi connectivity index (χ2v) is 6.45. The zero-order valence-electron chi connectivity index (χ0n) is 13.9. The van der Waals surface area contributed by atoms with E-state index in [1.165, 1.54) is 12.1 Å². The summed E-state index contributed by atoms with van der Waals surface area (Å²) in [4.78, 5) is 23.0. The Morgan fingerprint density at radius 2 is 1.92 bits per heavy atom. The molecule has 0 saturated heterocycles. The van der Waals surface area contributed by atoms with Gasteiger partial charge in [-0.15, -0.1) is 0 Å². The first-order valence-corrected chi connectivity index (χ1v) is 8.23. The van der Waals surface area contributed by atoms with Crippen LogP contribution in [0.1, 0.15) is 34.3 Å². The van der Waals surface area contributed by atoms with Crippen molar-refractivity contribution in [3.8, 4) is 0 Å². The Morgan fingerprint density at radius 3 is 2.52 bits per heavy atom. The molecule has 1 amide bonds. The fraction of sp³-hybridized carbons (Fsp3) is 0.316. The van der Waals surface area contributed by atoms with Crippen LogP contribution in [0, 0.1) is 23.0 Å². The average molecular weight is 340 g/mol. The number of nitrogens with one attached hydrogen (secondary N) is 1. The van der Waals surface area contributed by atoms with Crippen LogP contribution in [-0.4, -0.2) is 22.5 Å². The van der Waals surface area contributed by atoms with Crippen molar-refractivity contribution in [2.75, 3.05) is 6.54 Å². The standard InChI is InChI=1S/C19H20N2O4/c1-13-16(8-5-9-17(13)21(24)25)18(22)20-12-19(23,15-10-11-15)14-6-3-2-4-7-14/h2-9,15,23H,10-12H2,1H3,(H,20,22). The third-order valence-electron chi connectivity index (χ3n) is 4.79. The van der Waals surface area contributed by atoms with Crippen LogP contribution in [0.15, 0.2) is 48.5 Å². The summed E-state index contributed by atoms with van der Waals surface area (Å²) in [6.45, 7) is 1.62. The van der Waals surface area contributed by atoms with Crippen molar-refractivity contribution in [2.45, 2.75) is 25.4 Å². The zero-order valence-corrected chi connectivity index (χ0v) is 13.9. The number of rotatable bonds is 6. The van der Waals surface area contributed by atoms with E-state index in [2.05, 4.69) is 5.32 Å². The van der Waals surface area contributed by atoms with Crippen LogP contribution in [0.2, 0.25) is 0 Å². The number of hydrogen-bond acceptors (Lipinski definition) is 4. The highest BCUT2D eigenvalue weighted by molar-refractivity contribution is 5.96. The lowest BCUT2D eigenvalue weighted by Crippen LogP contribution is -2.42. The Balaban J connectivity index is 1.80. The lowest BCUT2D eigenvalue weighted by Gasteiger charge is -2.29. The molecule has 2 N–H and O–H groups in total. The van der Waals surface area contributed by atoms with E-state index < -0.39 is 16.4 Å². The summed E-state index contributed by atoms with van der Waals surface area (Å²) in [6, 6.07) is 13.7. The number of carbonyl (C=O) groups excluding carboxylic acids is 1. The Labute approximate surface area is 145 Å². The Hall–Kier alpha value is -2.73. The lowest BCUT2D eigenvalue weighted by molar-refractivity contribution is -0.385. The number of aliphatic hydroxyl groups is 1. The number of nitrogens with zero attached hydrogens (tertiary/aromatic N) is 1. The first kappa shape index (κ1) is 17.1. The molecule has 0 spiro atoms. The molecule has 1 unspecified atom stereocenters. The van der Waals surface area contributed by atoms with Gasteiger partial charge in [0.25, 0.3) is 11.6 Å². The monoisotopic (exact) mass is 340 g/mol. The maximum atomic E-state index is 12.5. The number of amides is 1. The van der Waals surface area contributed by atoms with E-state index in [4.69, 9.17) is 0 Å². The number of hydrogen-bond donors (Lipinski definition) is 2. The summed E-state index contributed by atoms with van der Waals surface area (Å²) >= 11 is 0. The third-order valence-corrected chi connectivity index (χ3v) is 4.79. The molecule has 0 heterocycles. The molecule has 25 heavy (non-hydrogen) atoms. The Kier molecular flexibility index (Phi) is 4.55. The smallest absolute Gasteiger partial charge is 0.273 e. The summed E-state index contributed by atoms with van der Waals surface area (Å²) in [6.07, 6.45) is 1.83. The van der Waals surface area contributed by atoms with E-state index in [1.807, 2.05) is 30.3 Å². The number of benzene rings is 2. The van der Waals surface area contributed by atoms with Crippen LogP contribution in [-0.2, 0) is 5.60 Å². The number of nitro groups is 1. The summed E-state index contributed by atoms with van der Waals surface area (Å²) in [5.41, 5.74) is 0.132. The van der Waals surface area contributed by atoms with Crippen LogP contribution < -0.4 is 5.32 Å². The van der Waals surface area contributed by atoms with Crippen molar-refractivity contribution >= 4 is 11.6 Å². The van der Waals surface area contributed by atoms with Crippen LogP contribution in [0.3, 0.4) is 0 Å². The molecule has 1 aliphatic rings. The Bertz CT molecular complexity index is 802. The van der Waals surface area contributed by atoms with E-state index in [0.717, 1.165) is 18.4 Å². The second kappa shape index (κ2) is 6.64. The molecule has 1 saturated carbocycles. The van der Waals surface area contributed by atoms with Gasteiger partial charge in [-0.3, -0.25) is 14.9 Å². The van der Waals surface area contributed by atoms with Crippen molar-refractivity contribution in [3.05, 3.63) is 75.3 Å². The first-order chi connectivity index (χ1) is 11.9. The van der Waals surface area contributed by atoms with Gasteiger partial charge in [0.1, 0.15) is 5.60 Å². The SMILES string of the molecule is Cc1c(C(=O)NCC(O)(c2ccccc2)C2CC2)cccc1[N+](=O)[O-]. The fourth-order valence-corrected chi connectivity index (χ4v) is 3.15. The van der Waals surface area contributed by atoms with E-state index in [1.54, 1.807) is 13.0 Å². The molecule has 1 fully saturated rings. The van der Waals surface area contributed by atoms with Gasteiger partial charge >= 0.3 is 0 Å². The summed E-state index contributed by atoms with van der Waals surface area (Å²) in [5, 5.41) is 24.9. The maximum Gasteiger partial charge on any atom is 0.273 e. The molecule has 1 atom stereocenters. The lowest BCUT2D eigenvalue weighted by atomic mass is 9.88. The normalized spacial score (nSPS) is 16.1. The van der Waals surface area contributed by atoms with E-state index >= 15 is 0 Å².